The van der Waals surface area contributed by atoms with Crippen molar-refractivity contribution in [1.29, 1.82) is 0 Å². The standard InChI is InChI=1S/C29H37N6O5P.C5H10O2/c1-3-39-41(38,40-4-2)21-25(29(37)35-17-15-30-16-18-35)33-28(36)24-19-26(31-20-22-11-7-5-8-12-22)34-27(32-24)23-13-9-6-10-14-23;1-2-3-4-5(6)7/h5-14,19,25,30H,3-4,15-18,20-21H2,1-2H3,(H,33,36)(H,31,32,34);2-4H2,1H3,(H,6,7). The molecule has 1 saturated heterocycles. The summed E-state index contributed by atoms with van der Waals surface area (Å²) in [6, 6.07) is 19.5. The molecule has 0 radical (unpaired) electrons. The predicted octanol–water partition coefficient (Wildman–Crippen LogP) is 4.81. The van der Waals surface area contributed by atoms with Gasteiger partial charge >= 0.3 is 13.6 Å². The number of aromatic nitrogens is 2. The molecule has 14 heteroatoms. The minimum Gasteiger partial charge on any atom is -0.481 e. The lowest BCUT2D eigenvalue weighted by Crippen LogP contribution is -2.55. The second kappa shape index (κ2) is 20.3. The van der Waals surface area contributed by atoms with Gasteiger partial charge in [-0.2, -0.15) is 0 Å². The first-order valence-electron chi connectivity index (χ1n) is 16.3. The van der Waals surface area contributed by atoms with Crippen molar-refractivity contribution in [3.05, 3.63) is 78.0 Å². The number of hydrogen-bond acceptors (Lipinski definition) is 10. The number of piperazine rings is 1. The molecule has 48 heavy (non-hydrogen) atoms. The third-order valence-corrected chi connectivity index (χ3v) is 9.26. The van der Waals surface area contributed by atoms with Crippen LogP contribution in [0.15, 0.2) is 66.7 Å². The van der Waals surface area contributed by atoms with E-state index in [0.29, 0.717) is 50.8 Å². The van der Waals surface area contributed by atoms with E-state index in [1.165, 1.54) is 0 Å². The van der Waals surface area contributed by atoms with Gasteiger partial charge in [0.15, 0.2) is 5.82 Å². The van der Waals surface area contributed by atoms with Gasteiger partial charge in [-0.1, -0.05) is 74.0 Å². The van der Waals surface area contributed by atoms with Crippen molar-refractivity contribution in [2.45, 2.75) is 52.6 Å². The molecular formula is C34H47N6O7P. The van der Waals surface area contributed by atoms with E-state index in [4.69, 9.17) is 14.2 Å². The van der Waals surface area contributed by atoms with E-state index in [9.17, 15) is 18.9 Å². The van der Waals surface area contributed by atoms with E-state index in [1.807, 2.05) is 67.6 Å². The van der Waals surface area contributed by atoms with Gasteiger partial charge in [-0.05, 0) is 25.8 Å². The molecule has 1 fully saturated rings. The van der Waals surface area contributed by atoms with Crippen LogP contribution in [0.2, 0.25) is 0 Å². The number of unbranched alkanes of at least 4 members (excludes halogenated alkanes) is 1. The number of anilines is 1. The van der Waals surface area contributed by atoms with Crippen LogP contribution >= 0.6 is 7.60 Å². The van der Waals surface area contributed by atoms with E-state index < -0.39 is 25.5 Å². The molecule has 2 heterocycles. The van der Waals surface area contributed by atoms with Crippen molar-refractivity contribution in [2.24, 2.45) is 0 Å². The number of hydrogen-bond donors (Lipinski definition) is 4. The lowest BCUT2D eigenvalue weighted by Gasteiger charge is -2.32. The molecule has 0 bridgehead atoms. The van der Waals surface area contributed by atoms with Gasteiger partial charge in [-0.15, -0.1) is 0 Å². The fraction of sp³-hybridized carbons (Fsp3) is 0.441. The molecule has 1 atom stereocenters. The molecule has 260 valence electrons. The molecule has 4 rings (SSSR count). The monoisotopic (exact) mass is 682 g/mol. The Morgan fingerprint density at radius 1 is 0.958 bits per heavy atom. The number of carbonyl (C=O) groups is 3. The summed E-state index contributed by atoms with van der Waals surface area (Å²) in [5, 5.41) is 17.3. The van der Waals surface area contributed by atoms with E-state index in [2.05, 4.69) is 25.9 Å². The number of carbonyl (C=O) groups excluding carboxylic acids is 2. The normalized spacial score (nSPS) is 13.5. The first-order valence-corrected chi connectivity index (χ1v) is 18.0. The Morgan fingerprint density at radius 3 is 2.15 bits per heavy atom. The maximum Gasteiger partial charge on any atom is 0.333 e. The Hall–Kier alpha value is -4.16. The number of carboxylic acid groups (broad SMARTS) is 1. The summed E-state index contributed by atoms with van der Waals surface area (Å²) in [5.74, 6) is -0.832. The van der Waals surface area contributed by atoms with Crippen LogP contribution in [-0.4, -0.2) is 89.4 Å². The summed E-state index contributed by atoms with van der Waals surface area (Å²) in [5.41, 5.74) is 1.84. The molecule has 0 aliphatic carbocycles. The minimum atomic E-state index is -3.66. The first-order chi connectivity index (χ1) is 23.2. The topological polar surface area (TPSA) is 172 Å². The zero-order valence-corrected chi connectivity index (χ0v) is 28.8. The van der Waals surface area contributed by atoms with Gasteiger partial charge in [-0.25, -0.2) is 9.97 Å². The number of aliphatic carboxylic acids is 1. The molecule has 0 spiro atoms. The largest absolute Gasteiger partial charge is 0.481 e. The SMILES string of the molecule is CCCCC(=O)O.CCOP(=O)(CC(NC(=O)c1cc(NCc2ccccc2)nc(-c2ccccc2)n1)C(=O)N1CCNCC1)OCC. The molecule has 1 unspecified atom stereocenters. The summed E-state index contributed by atoms with van der Waals surface area (Å²) < 4.78 is 24.3. The Kier molecular flexibility index (Phi) is 16.2. The fourth-order valence-electron chi connectivity index (χ4n) is 4.77. The van der Waals surface area contributed by atoms with E-state index in [-0.39, 0.29) is 31.0 Å². The van der Waals surface area contributed by atoms with Crippen LogP contribution < -0.4 is 16.0 Å². The lowest BCUT2D eigenvalue weighted by atomic mass is 10.2. The van der Waals surface area contributed by atoms with Crippen LogP contribution in [0.3, 0.4) is 0 Å². The van der Waals surface area contributed by atoms with E-state index in [0.717, 1.165) is 24.0 Å². The molecule has 4 N–H and O–H groups in total. The Labute approximate surface area is 282 Å². The number of benzene rings is 2. The number of nitrogens with one attached hydrogen (secondary N) is 3. The lowest BCUT2D eigenvalue weighted by molar-refractivity contribution is -0.137. The van der Waals surface area contributed by atoms with Gasteiger partial charge in [0.2, 0.25) is 5.91 Å². The highest BCUT2D eigenvalue weighted by Gasteiger charge is 2.36. The molecule has 0 saturated carbocycles. The van der Waals surface area contributed by atoms with Crippen LogP contribution in [0.1, 0.15) is 56.1 Å². The van der Waals surface area contributed by atoms with Crippen molar-refractivity contribution in [2.75, 3.05) is 50.9 Å². The second-order valence-corrected chi connectivity index (χ2v) is 13.0. The highest BCUT2D eigenvalue weighted by Crippen LogP contribution is 2.48. The zero-order valence-electron chi connectivity index (χ0n) is 27.9. The second-order valence-electron chi connectivity index (χ2n) is 10.9. The highest BCUT2D eigenvalue weighted by molar-refractivity contribution is 7.54. The summed E-state index contributed by atoms with van der Waals surface area (Å²) >= 11 is 0. The molecule has 13 nitrogen and oxygen atoms in total. The van der Waals surface area contributed by atoms with Crippen molar-refractivity contribution in [1.82, 2.24) is 25.5 Å². The molecule has 1 aliphatic heterocycles. The maximum absolute atomic E-state index is 13.7. The number of rotatable bonds is 16. The summed E-state index contributed by atoms with van der Waals surface area (Å²) in [4.78, 5) is 47.8. The summed E-state index contributed by atoms with van der Waals surface area (Å²) in [7, 11) is -3.66. The van der Waals surface area contributed by atoms with Gasteiger partial charge in [0.1, 0.15) is 17.6 Å². The Bertz CT molecular complexity index is 1480. The third-order valence-electron chi connectivity index (χ3n) is 7.14. The highest BCUT2D eigenvalue weighted by atomic mass is 31.2. The van der Waals surface area contributed by atoms with Crippen LogP contribution in [0.5, 0.6) is 0 Å². The molecular weight excluding hydrogens is 635 g/mol. The maximum atomic E-state index is 13.7. The van der Waals surface area contributed by atoms with Gasteiger partial charge in [0.05, 0.1) is 19.4 Å². The third kappa shape index (κ3) is 12.8. The van der Waals surface area contributed by atoms with Crippen molar-refractivity contribution < 1.29 is 33.1 Å². The summed E-state index contributed by atoms with van der Waals surface area (Å²) in [6.07, 6.45) is 1.79. The summed E-state index contributed by atoms with van der Waals surface area (Å²) in [6.45, 7) is 8.35. The molecule has 3 aromatic rings. The Balaban J connectivity index is 0.000000804. The van der Waals surface area contributed by atoms with Crippen molar-refractivity contribution >= 4 is 31.2 Å². The van der Waals surface area contributed by atoms with E-state index >= 15 is 0 Å². The number of carboxylic acids is 1. The quantitative estimate of drug-likeness (QED) is 0.153. The molecule has 1 aromatic heterocycles. The fourth-order valence-corrected chi connectivity index (χ4v) is 6.54. The van der Waals surface area contributed by atoms with Gasteiger partial charge in [-0.3, -0.25) is 18.9 Å². The average molecular weight is 683 g/mol. The zero-order chi connectivity index (χ0) is 34.8. The van der Waals surface area contributed by atoms with Crippen molar-refractivity contribution in [3.8, 4) is 11.4 Å². The van der Waals surface area contributed by atoms with Crippen LogP contribution in [0.4, 0.5) is 5.82 Å². The van der Waals surface area contributed by atoms with Gasteiger partial charge in [0.25, 0.3) is 5.91 Å². The predicted molar refractivity (Wildman–Crippen MR) is 185 cm³/mol. The van der Waals surface area contributed by atoms with Crippen LogP contribution in [0.25, 0.3) is 11.4 Å². The smallest absolute Gasteiger partial charge is 0.333 e. The van der Waals surface area contributed by atoms with Gasteiger partial charge in [0, 0.05) is 50.8 Å². The molecule has 1 aliphatic rings. The number of amides is 2. The minimum absolute atomic E-state index is 0.0650. The van der Waals surface area contributed by atoms with Crippen molar-refractivity contribution in [3.63, 3.8) is 0 Å². The number of nitrogens with zero attached hydrogens (tertiary/aromatic N) is 3. The first kappa shape index (κ1) is 38.3. The van der Waals surface area contributed by atoms with Crippen LogP contribution in [0, 0.1) is 0 Å². The Morgan fingerprint density at radius 2 is 1.58 bits per heavy atom. The van der Waals surface area contributed by atoms with Gasteiger partial charge < -0.3 is 35.0 Å². The average Bonchev–Trinajstić information content (AvgIpc) is 3.10. The molecule has 2 amide bonds. The molecule has 2 aromatic carbocycles. The van der Waals surface area contributed by atoms with E-state index in [1.54, 1.807) is 24.8 Å². The van der Waals surface area contributed by atoms with Crippen LogP contribution in [-0.2, 0) is 29.7 Å².